The molecule has 0 spiro atoms. The number of rotatable bonds is 7. The van der Waals surface area contributed by atoms with Gasteiger partial charge in [0.05, 0.1) is 0 Å². The maximum absolute atomic E-state index is 3.50. The lowest BCUT2D eigenvalue weighted by Crippen LogP contribution is -2.36. The van der Waals surface area contributed by atoms with Crippen molar-refractivity contribution in [2.75, 3.05) is 13.6 Å². The number of benzene rings is 1. The van der Waals surface area contributed by atoms with Crippen molar-refractivity contribution in [3.63, 3.8) is 0 Å². The maximum Gasteiger partial charge on any atom is 0.0236 e. The average molecular weight is 246 g/mol. The van der Waals surface area contributed by atoms with Crippen molar-refractivity contribution in [1.29, 1.82) is 0 Å². The van der Waals surface area contributed by atoms with Gasteiger partial charge in [0.2, 0.25) is 0 Å². The highest BCUT2D eigenvalue weighted by molar-refractivity contribution is 5.27. The SMILES string of the molecule is CCCNCc1ccccc1CN(C)C1CCC1. The first kappa shape index (κ1) is 13.6. The number of nitrogens with one attached hydrogen (secondary N) is 1. The van der Waals surface area contributed by atoms with Crippen LogP contribution in [0.25, 0.3) is 0 Å². The summed E-state index contributed by atoms with van der Waals surface area (Å²) in [5.41, 5.74) is 2.94. The van der Waals surface area contributed by atoms with Crippen molar-refractivity contribution in [2.45, 2.75) is 51.7 Å². The van der Waals surface area contributed by atoms with E-state index in [0.29, 0.717) is 0 Å². The molecule has 18 heavy (non-hydrogen) atoms. The van der Waals surface area contributed by atoms with Crippen LogP contribution in [-0.2, 0) is 13.1 Å². The molecule has 1 N–H and O–H groups in total. The summed E-state index contributed by atoms with van der Waals surface area (Å²) in [6.45, 7) is 5.41. The second-order valence-electron chi connectivity index (χ2n) is 5.45. The first-order valence-corrected chi connectivity index (χ1v) is 7.29. The second-order valence-corrected chi connectivity index (χ2v) is 5.45. The highest BCUT2D eigenvalue weighted by Crippen LogP contribution is 2.25. The van der Waals surface area contributed by atoms with E-state index in [1.807, 2.05) is 0 Å². The zero-order chi connectivity index (χ0) is 12.8. The normalized spacial score (nSPS) is 15.9. The molecule has 1 saturated carbocycles. The zero-order valence-electron chi connectivity index (χ0n) is 11.8. The number of hydrogen-bond acceptors (Lipinski definition) is 2. The molecule has 0 amide bonds. The predicted octanol–water partition coefficient (Wildman–Crippen LogP) is 3.17. The summed E-state index contributed by atoms with van der Waals surface area (Å²) in [5.74, 6) is 0. The smallest absolute Gasteiger partial charge is 0.0236 e. The molecule has 1 aliphatic carbocycles. The summed E-state index contributed by atoms with van der Waals surface area (Å²) in [6.07, 6.45) is 5.37. The van der Waals surface area contributed by atoms with Crippen LogP contribution in [0.15, 0.2) is 24.3 Å². The Morgan fingerprint density at radius 3 is 2.56 bits per heavy atom. The lowest BCUT2D eigenvalue weighted by molar-refractivity contribution is 0.152. The number of nitrogens with zero attached hydrogens (tertiary/aromatic N) is 1. The largest absolute Gasteiger partial charge is 0.313 e. The summed E-state index contributed by atoms with van der Waals surface area (Å²) < 4.78 is 0. The molecule has 0 atom stereocenters. The van der Waals surface area contributed by atoms with Gasteiger partial charge in [-0.2, -0.15) is 0 Å². The van der Waals surface area contributed by atoms with Gasteiger partial charge in [0.15, 0.2) is 0 Å². The Hall–Kier alpha value is -0.860. The van der Waals surface area contributed by atoms with Crippen molar-refractivity contribution in [3.8, 4) is 0 Å². The van der Waals surface area contributed by atoms with E-state index in [2.05, 4.69) is 48.5 Å². The van der Waals surface area contributed by atoms with Crippen LogP contribution >= 0.6 is 0 Å². The van der Waals surface area contributed by atoms with Crippen LogP contribution in [0.5, 0.6) is 0 Å². The third kappa shape index (κ3) is 3.56. The highest BCUT2D eigenvalue weighted by atomic mass is 15.1. The molecule has 2 heteroatoms. The van der Waals surface area contributed by atoms with Gasteiger partial charge in [0, 0.05) is 19.1 Å². The van der Waals surface area contributed by atoms with Gasteiger partial charge in [0.25, 0.3) is 0 Å². The average Bonchev–Trinajstić information content (AvgIpc) is 2.29. The van der Waals surface area contributed by atoms with Crippen LogP contribution in [0, 0.1) is 0 Å². The zero-order valence-corrected chi connectivity index (χ0v) is 11.8. The van der Waals surface area contributed by atoms with Crippen LogP contribution < -0.4 is 5.32 Å². The Bertz CT molecular complexity index is 358. The van der Waals surface area contributed by atoms with E-state index < -0.39 is 0 Å². The second kappa shape index (κ2) is 6.91. The molecule has 0 aromatic heterocycles. The van der Waals surface area contributed by atoms with E-state index in [1.165, 1.54) is 36.8 Å². The lowest BCUT2D eigenvalue weighted by Gasteiger charge is -2.35. The van der Waals surface area contributed by atoms with Gasteiger partial charge in [-0.15, -0.1) is 0 Å². The Kier molecular flexibility index (Phi) is 5.21. The van der Waals surface area contributed by atoms with Crippen molar-refractivity contribution in [3.05, 3.63) is 35.4 Å². The van der Waals surface area contributed by atoms with Gasteiger partial charge >= 0.3 is 0 Å². The van der Waals surface area contributed by atoms with Crippen LogP contribution in [0.1, 0.15) is 43.7 Å². The van der Waals surface area contributed by atoms with E-state index in [9.17, 15) is 0 Å². The molecule has 100 valence electrons. The van der Waals surface area contributed by atoms with Crippen LogP contribution in [0.3, 0.4) is 0 Å². The standard InChI is InChI=1S/C16H26N2/c1-3-11-17-12-14-7-4-5-8-15(14)13-18(2)16-9-6-10-16/h4-5,7-8,16-17H,3,6,9-13H2,1-2H3. The molecule has 1 aromatic carbocycles. The third-order valence-corrected chi connectivity index (χ3v) is 3.98. The van der Waals surface area contributed by atoms with E-state index in [1.54, 1.807) is 0 Å². The molecule has 1 aliphatic rings. The minimum atomic E-state index is 0.821. The van der Waals surface area contributed by atoms with Gasteiger partial charge in [-0.25, -0.2) is 0 Å². The predicted molar refractivity (Wildman–Crippen MR) is 77.5 cm³/mol. The molecule has 0 unspecified atom stereocenters. The van der Waals surface area contributed by atoms with Crippen molar-refractivity contribution < 1.29 is 0 Å². The molecule has 0 aliphatic heterocycles. The summed E-state index contributed by atoms with van der Waals surface area (Å²) in [7, 11) is 2.26. The van der Waals surface area contributed by atoms with Gasteiger partial charge in [-0.3, -0.25) is 4.90 Å². The van der Waals surface area contributed by atoms with Crippen molar-refractivity contribution >= 4 is 0 Å². The lowest BCUT2D eigenvalue weighted by atomic mass is 9.91. The summed E-state index contributed by atoms with van der Waals surface area (Å²) >= 11 is 0. The van der Waals surface area contributed by atoms with Gasteiger partial charge in [-0.1, -0.05) is 37.6 Å². The molecular weight excluding hydrogens is 220 g/mol. The minimum Gasteiger partial charge on any atom is -0.313 e. The first-order chi connectivity index (χ1) is 8.81. The van der Waals surface area contributed by atoms with E-state index in [-0.39, 0.29) is 0 Å². The molecule has 0 radical (unpaired) electrons. The summed E-state index contributed by atoms with van der Waals surface area (Å²) in [5, 5.41) is 3.50. The van der Waals surface area contributed by atoms with Crippen LogP contribution in [-0.4, -0.2) is 24.5 Å². The van der Waals surface area contributed by atoms with E-state index in [4.69, 9.17) is 0 Å². The van der Waals surface area contributed by atoms with Crippen LogP contribution in [0.4, 0.5) is 0 Å². The molecule has 0 bridgehead atoms. The highest BCUT2D eigenvalue weighted by Gasteiger charge is 2.22. The fourth-order valence-electron chi connectivity index (χ4n) is 2.51. The van der Waals surface area contributed by atoms with E-state index >= 15 is 0 Å². The molecule has 0 heterocycles. The Morgan fingerprint density at radius 2 is 1.94 bits per heavy atom. The molecule has 2 nitrogen and oxygen atoms in total. The minimum absolute atomic E-state index is 0.821. The quantitative estimate of drug-likeness (QED) is 0.743. The van der Waals surface area contributed by atoms with Gasteiger partial charge in [-0.05, 0) is 44.0 Å². The Balaban J connectivity index is 1.93. The number of hydrogen-bond donors (Lipinski definition) is 1. The molecule has 0 saturated heterocycles. The monoisotopic (exact) mass is 246 g/mol. The molecular formula is C16H26N2. The molecule has 1 fully saturated rings. The molecule has 2 rings (SSSR count). The fourth-order valence-corrected chi connectivity index (χ4v) is 2.51. The molecule has 1 aromatic rings. The van der Waals surface area contributed by atoms with Gasteiger partial charge in [0.1, 0.15) is 0 Å². The summed E-state index contributed by atoms with van der Waals surface area (Å²) in [6, 6.07) is 9.66. The summed E-state index contributed by atoms with van der Waals surface area (Å²) in [4.78, 5) is 2.52. The Labute approximate surface area is 111 Å². The van der Waals surface area contributed by atoms with E-state index in [0.717, 1.165) is 25.7 Å². The van der Waals surface area contributed by atoms with Gasteiger partial charge < -0.3 is 5.32 Å². The fraction of sp³-hybridized carbons (Fsp3) is 0.625. The van der Waals surface area contributed by atoms with Crippen molar-refractivity contribution in [2.24, 2.45) is 0 Å². The topological polar surface area (TPSA) is 15.3 Å². The van der Waals surface area contributed by atoms with Crippen LogP contribution in [0.2, 0.25) is 0 Å². The first-order valence-electron chi connectivity index (χ1n) is 7.29. The Morgan fingerprint density at radius 1 is 1.22 bits per heavy atom. The maximum atomic E-state index is 3.50. The third-order valence-electron chi connectivity index (χ3n) is 3.98. The van der Waals surface area contributed by atoms with Crippen molar-refractivity contribution in [1.82, 2.24) is 10.2 Å².